The summed E-state index contributed by atoms with van der Waals surface area (Å²) in [7, 11) is 0. The molecule has 0 aromatic heterocycles. The van der Waals surface area contributed by atoms with Crippen molar-refractivity contribution in [1.82, 2.24) is 0 Å². The number of carbonyl (C=O) groups is 1. The molecule has 1 fully saturated rings. The van der Waals surface area contributed by atoms with Gasteiger partial charge in [0.1, 0.15) is 11.9 Å². The van der Waals surface area contributed by atoms with Crippen molar-refractivity contribution < 1.29 is 13.9 Å². The van der Waals surface area contributed by atoms with E-state index in [1.807, 2.05) is 6.07 Å². The van der Waals surface area contributed by atoms with E-state index in [0.29, 0.717) is 10.4 Å². The van der Waals surface area contributed by atoms with Crippen LogP contribution in [0.25, 0.3) is 0 Å². The van der Waals surface area contributed by atoms with Crippen molar-refractivity contribution in [2.75, 3.05) is 0 Å². The van der Waals surface area contributed by atoms with E-state index in [2.05, 4.69) is 22.5 Å². The summed E-state index contributed by atoms with van der Waals surface area (Å²) in [6.45, 7) is 3.52. The summed E-state index contributed by atoms with van der Waals surface area (Å²) < 4.78 is 19.4. The average molecular weight is 341 g/mol. The third kappa shape index (κ3) is 3.92. The number of hydrogen-bond donors (Lipinski definition) is 0. The number of rotatable bonds is 4. The van der Waals surface area contributed by atoms with E-state index in [-0.39, 0.29) is 24.3 Å². The third-order valence-electron chi connectivity index (χ3n) is 3.70. The summed E-state index contributed by atoms with van der Waals surface area (Å²) in [4.78, 5) is 11.4. The van der Waals surface area contributed by atoms with Gasteiger partial charge in [-0.05, 0) is 65.2 Å². The Balaban J connectivity index is 1.89. The van der Waals surface area contributed by atoms with Gasteiger partial charge in [-0.1, -0.05) is 12.1 Å². The molecule has 2 nitrogen and oxygen atoms in total. The number of benzene rings is 1. The quantitative estimate of drug-likeness (QED) is 0.584. The number of hydrogen-bond acceptors (Lipinski definition) is 2. The fourth-order valence-corrected chi connectivity index (χ4v) is 2.88. The number of esters is 1. The van der Waals surface area contributed by atoms with E-state index in [0.717, 1.165) is 31.2 Å². The molecule has 1 aromatic rings. The van der Waals surface area contributed by atoms with Crippen LogP contribution in [0.3, 0.4) is 0 Å². The Morgan fingerprint density at radius 3 is 2.70 bits per heavy atom. The van der Waals surface area contributed by atoms with Crippen LogP contribution in [0.5, 0.6) is 0 Å². The van der Waals surface area contributed by atoms with Crippen LogP contribution in [-0.2, 0) is 9.53 Å². The van der Waals surface area contributed by atoms with E-state index < -0.39 is 0 Å². The first-order valence-corrected chi connectivity index (χ1v) is 7.64. The van der Waals surface area contributed by atoms with Gasteiger partial charge in [-0.15, -0.1) is 6.58 Å². The first kappa shape index (κ1) is 15.2. The van der Waals surface area contributed by atoms with Crippen molar-refractivity contribution >= 4 is 21.9 Å². The molecule has 1 aliphatic carbocycles. The molecule has 0 bridgehead atoms. The molecule has 1 saturated carbocycles. The van der Waals surface area contributed by atoms with E-state index in [4.69, 9.17) is 4.74 Å². The Morgan fingerprint density at radius 2 is 2.10 bits per heavy atom. The predicted octanol–water partition coefficient (Wildman–Crippen LogP) is 4.73. The fraction of sp³-hybridized carbons (Fsp3) is 0.438. The summed E-state index contributed by atoms with van der Waals surface area (Å²) in [5.74, 6) is -0.0767. The second-order valence-corrected chi connectivity index (χ2v) is 5.98. The Kier molecular flexibility index (Phi) is 5.35. The molecule has 0 heterocycles. The van der Waals surface area contributed by atoms with E-state index in [1.165, 1.54) is 0 Å². The maximum absolute atomic E-state index is 13.5. The van der Waals surface area contributed by atoms with Gasteiger partial charge < -0.3 is 4.74 Å². The second kappa shape index (κ2) is 7.02. The molecular formula is C16H18BrFO2. The summed E-state index contributed by atoms with van der Waals surface area (Å²) in [6.07, 6.45) is 5.34. The van der Waals surface area contributed by atoms with Crippen molar-refractivity contribution in [3.05, 3.63) is 46.7 Å². The van der Waals surface area contributed by atoms with E-state index in [1.54, 1.807) is 18.2 Å². The fourth-order valence-electron chi connectivity index (χ4n) is 2.63. The molecule has 0 aliphatic heterocycles. The molecule has 1 aliphatic rings. The molecule has 20 heavy (non-hydrogen) atoms. The molecule has 4 heteroatoms. The molecule has 0 amide bonds. The van der Waals surface area contributed by atoms with Gasteiger partial charge in [0, 0.05) is 0 Å². The number of carbonyl (C=O) groups excluding carboxylic acids is 1. The summed E-state index contributed by atoms with van der Waals surface area (Å²) in [5.41, 5.74) is 1.03. The van der Waals surface area contributed by atoms with Gasteiger partial charge in [-0.25, -0.2) is 4.39 Å². The Morgan fingerprint density at radius 1 is 1.40 bits per heavy atom. The number of halogens is 2. The lowest BCUT2D eigenvalue weighted by Crippen LogP contribution is -2.23. The lowest BCUT2D eigenvalue weighted by molar-refractivity contribution is -0.149. The Labute approximate surface area is 127 Å². The minimum Gasteiger partial charge on any atom is -0.462 e. The summed E-state index contributed by atoms with van der Waals surface area (Å²) in [5, 5.41) is 0. The first-order chi connectivity index (χ1) is 9.60. The van der Waals surface area contributed by atoms with Gasteiger partial charge >= 0.3 is 5.97 Å². The Bertz CT molecular complexity index is 493. The van der Waals surface area contributed by atoms with Crippen LogP contribution >= 0.6 is 15.9 Å². The SMILES string of the molecule is C=CCC(=O)OC1CCC(c2ccc(Br)c(F)c2)CC1. The van der Waals surface area contributed by atoms with Crippen LogP contribution in [0.1, 0.15) is 43.6 Å². The highest BCUT2D eigenvalue weighted by Gasteiger charge is 2.25. The van der Waals surface area contributed by atoms with Gasteiger partial charge in [0.2, 0.25) is 0 Å². The van der Waals surface area contributed by atoms with Crippen LogP contribution in [0.2, 0.25) is 0 Å². The van der Waals surface area contributed by atoms with Crippen molar-refractivity contribution in [1.29, 1.82) is 0 Å². The highest BCUT2D eigenvalue weighted by molar-refractivity contribution is 9.10. The molecule has 0 atom stereocenters. The summed E-state index contributed by atoms with van der Waals surface area (Å²) >= 11 is 3.16. The van der Waals surface area contributed by atoms with Gasteiger partial charge in [-0.2, -0.15) is 0 Å². The number of ether oxygens (including phenoxy) is 1. The standard InChI is InChI=1S/C16H18BrFO2/c1-2-3-16(19)20-13-7-4-11(5-8-13)12-6-9-14(17)15(18)10-12/h2,6,9-11,13H,1,3-5,7-8H2. The van der Waals surface area contributed by atoms with Crippen LogP contribution in [-0.4, -0.2) is 12.1 Å². The molecule has 0 radical (unpaired) electrons. The maximum Gasteiger partial charge on any atom is 0.309 e. The topological polar surface area (TPSA) is 26.3 Å². The molecular weight excluding hydrogens is 323 g/mol. The molecule has 0 spiro atoms. The molecule has 0 N–H and O–H groups in total. The van der Waals surface area contributed by atoms with Crippen LogP contribution in [0.15, 0.2) is 35.3 Å². The molecule has 0 unspecified atom stereocenters. The van der Waals surface area contributed by atoms with Crippen LogP contribution in [0, 0.1) is 5.82 Å². The third-order valence-corrected chi connectivity index (χ3v) is 4.34. The van der Waals surface area contributed by atoms with Crippen molar-refractivity contribution in [2.45, 2.75) is 44.1 Å². The smallest absolute Gasteiger partial charge is 0.309 e. The van der Waals surface area contributed by atoms with Crippen molar-refractivity contribution in [3.63, 3.8) is 0 Å². The molecule has 1 aromatic carbocycles. The maximum atomic E-state index is 13.5. The highest BCUT2D eigenvalue weighted by Crippen LogP contribution is 2.35. The zero-order valence-electron chi connectivity index (χ0n) is 11.3. The molecule has 0 saturated heterocycles. The van der Waals surface area contributed by atoms with E-state index in [9.17, 15) is 9.18 Å². The highest BCUT2D eigenvalue weighted by atomic mass is 79.9. The first-order valence-electron chi connectivity index (χ1n) is 6.85. The van der Waals surface area contributed by atoms with Gasteiger partial charge in [0.05, 0.1) is 10.9 Å². The monoisotopic (exact) mass is 340 g/mol. The summed E-state index contributed by atoms with van der Waals surface area (Å²) in [6, 6.07) is 5.31. The minimum atomic E-state index is -0.220. The largest absolute Gasteiger partial charge is 0.462 e. The van der Waals surface area contributed by atoms with Gasteiger partial charge in [0.15, 0.2) is 0 Å². The van der Waals surface area contributed by atoms with E-state index >= 15 is 0 Å². The lowest BCUT2D eigenvalue weighted by atomic mass is 9.83. The Hall–Kier alpha value is -1.16. The zero-order valence-corrected chi connectivity index (χ0v) is 12.9. The van der Waals surface area contributed by atoms with Crippen LogP contribution < -0.4 is 0 Å². The zero-order chi connectivity index (χ0) is 14.5. The van der Waals surface area contributed by atoms with Crippen LogP contribution in [0.4, 0.5) is 4.39 Å². The molecule has 2 rings (SSSR count). The van der Waals surface area contributed by atoms with Crippen molar-refractivity contribution in [3.8, 4) is 0 Å². The molecule has 108 valence electrons. The predicted molar refractivity (Wildman–Crippen MR) is 80.0 cm³/mol. The lowest BCUT2D eigenvalue weighted by Gasteiger charge is -2.28. The minimum absolute atomic E-state index is 0.000930. The van der Waals surface area contributed by atoms with Gasteiger partial charge in [-0.3, -0.25) is 4.79 Å². The second-order valence-electron chi connectivity index (χ2n) is 5.13. The average Bonchev–Trinajstić information content (AvgIpc) is 2.43. The van der Waals surface area contributed by atoms with Gasteiger partial charge in [0.25, 0.3) is 0 Å². The van der Waals surface area contributed by atoms with Crippen molar-refractivity contribution in [2.24, 2.45) is 0 Å². The normalized spacial score (nSPS) is 22.3.